The Labute approximate surface area is 170 Å². The molecular weight excluding hydrogens is 366 g/mol. The molecule has 0 radical (unpaired) electrons. The Balaban J connectivity index is 2.34. The van der Waals surface area contributed by atoms with Crippen LogP contribution in [0.15, 0.2) is 48.5 Å². The van der Waals surface area contributed by atoms with Gasteiger partial charge in [0, 0.05) is 23.4 Å². The van der Waals surface area contributed by atoms with Crippen molar-refractivity contribution in [1.29, 1.82) is 0 Å². The number of carbonyl (C=O) groups is 2. The number of benzene rings is 2. The Morgan fingerprint density at radius 1 is 0.862 bits per heavy atom. The van der Waals surface area contributed by atoms with Crippen molar-refractivity contribution < 1.29 is 19.1 Å². The van der Waals surface area contributed by atoms with Crippen LogP contribution in [-0.4, -0.2) is 30.4 Å². The molecule has 1 aromatic heterocycles. The minimum atomic E-state index is -0.0548. The number of hydrogen-bond acceptors (Lipinski definition) is 4. The monoisotopic (exact) mass is 391 g/mol. The molecule has 29 heavy (non-hydrogen) atoms. The minimum Gasteiger partial charge on any atom is -0.497 e. The lowest BCUT2D eigenvalue weighted by atomic mass is 9.97. The molecule has 1 heterocycles. The minimum absolute atomic E-state index is 0.00847. The topological polar surface area (TPSA) is 57.5 Å². The zero-order valence-corrected chi connectivity index (χ0v) is 17.4. The van der Waals surface area contributed by atoms with Crippen LogP contribution in [0, 0.1) is 6.92 Å². The first-order valence-corrected chi connectivity index (χ1v) is 9.40. The predicted molar refractivity (Wildman–Crippen MR) is 113 cm³/mol. The Morgan fingerprint density at radius 2 is 1.38 bits per heavy atom. The van der Waals surface area contributed by atoms with E-state index in [0.29, 0.717) is 5.56 Å². The van der Waals surface area contributed by atoms with E-state index in [-0.39, 0.29) is 18.0 Å². The molecule has 0 aliphatic carbocycles. The first-order valence-electron chi connectivity index (χ1n) is 9.40. The molecule has 0 bridgehead atoms. The molecule has 3 rings (SSSR count). The van der Waals surface area contributed by atoms with Gasteiger partial charge in [0.1, 0.15) is 17.3 Å². The standard InChI is InChI=1S/C24H25NO4/c1-15(26)14-22-23(17(3)27)16(2)25(19-8-12-21(29-5)13-9-19)24(22)18-6-10-20(28-4)11-7-18/h6-13H,14H2,1-5H3. The van der Waals surface area contributed by atoms with Crippen LogP contribution in [-0.2, 0) is 11.2 Å². The fraction of sp³-hybridized carbons (Fsp3) is 0.250. The predicted octanol–water partition coefficient (Wildman–Crippen LogP) is 4.80. The Hall–Kier alpha value is -3.34. The lowest BCUT2D eigenvalue weighted by Gasteiger charge is -2.14. The molecule has 0 aliphatic heterocycles. The van der Waals surface area contributed by atoms with Crippen LogP contribution in [0.1, 0.15) is 35.5 Å². The molecule has 3 aromatic rings. The van der Waals surface area contributed by atoms with E-state index in [1.807, 2.05) is 60.0 Å². The van der Waals surface area contributed by atoms with E-state index < -0.39 is 0 Å². The SMILES string of the molecule is COc1ccc(-c2c(CC(C)=O)c(C(C)=O)c(C)n2-c2ccc(OC)cc2)cc1. The maximum atomic E-state index is 12.5. The van der Waals surface area contributed by atoms with Crippen molar-refractivity contribution in [2.45, 2.75) is 27.2 Å². The van der Waals surface area contributed by atoms with Gasteiger partial charge in [-0.3, -0.25) is 9.59 Å². The van der Waals surface area contributed by atoms with Crippen molar-refractivity contribution in [1.82, 2.24) is 4.57 Å². The van der Waals surface area contributed by atoms with Crippen LogP contribution in [0.2, 0.25) is 0 Å². The average molecular weight is 391 g/mol. The van der Waals surface area contributed by atoms with Crippen LogP contribution in [0.4, 0.5) is 0 Å². The number of ketones is 2. The number of aromatic nitrogens is 1. The molecule has 0 atom stereocenters. The lowest BCUT2D eigenvalue weighted by molar-refractivity contribution is -0.116. The molecule has 0 aliphatic rings. The van der Waals surface area contributed by atoms with Crippen LogP contribution in [0.25, 0.3) is 16.9 Å². The van der Waals surface area contributed by atoms with E-state index in [1.165, 1.54) is 0 Å². The van der Waals surface area contributed by atoms with Crippen LogP contribution >= 0.6 is 0 Å². The Morgan fingerprint density at radius 3 is 1.83 bits per heavy atom. The summed E-state index contributed by atoms with van der Waals surface area (Å²) in [6.45, 7) is 5.00. The summed E-state index contributed by atoms with van der Waals surface area (Å²) in [7, 11) is 3.24. The number of hydrogen-bond donors (Lipinski definition) is 0. The van der Waals surface area contributed by atoms with Gasteiger partial charge < -0.3 is 14.0 Å². The molecule has 2 aromatic carbocycles. The molecule has 0 saturated carbocycles. The Kier molecular flexibility index (Phi) is 5.87. The van der Waals surface area contributed by atoms with Crippen LogP contribution in [0.3, 0.4) is 0 Å². The summed E-state index contributed by atoms with van der Waals surface area (Å²) in [5, 5.41) is 0. The quantitative estimate of drug-likeness (QED) is 0.543. The molecule has 0 N–H and O–H groups in total. The zero-order valence-electron chi connectivity index (χ0n) is 17.4. The largest absolute Gasteiger partial charge is 0.497 e. The van der Waals surface area contributed by atoms with Crippen LogP contribution in [0.5, 0.6) is 11.5 Å². The third-order valence-corrected chi connectivity index (χ3v) is 4.98. The smallest absolute Gasteiger partial charge is 0.161 e. The van der Waals surface area contributed by atoms with E-state index in [0.717, 1.165) is 39.7 Å². The van der Waals surface area contributed by atoms with Crippen LogP contribution < -0.4 is 9.47 Å². The fourth-order valence-corrected chi connectivity index (χ4v) is 3.75. The van der Waals surface area contributed by atoms with Gasteiger partial charge in [0.2, 0.25) is 0 Å². The number of ether oxygens (including phenoxy) is 2. The van der Waals surface area contributed by atoms with Crippen molar-refractivity contribution in [3.05, 3.63) is 65.4 Å². The lowest BCUT2D eigenvalue weighted by Crippen LogP contribution is -2.04. The van der Waals surface area contributed by atoms with Crippen molar-refractivity contribution in [3.8, 4) is 28.4 Å². The van der Waals surface area contributed by atoms with Crippen molar-refractivity contribution in [2.75, 3.05) is 14.2 Å². The van der Waals surface area contributed by atoms with E-state index in [4.69, 9.17) is 9.47 Å². The van der Waals surface area contributed by atoms with Gasteiger partial charge in [0.15, 0.2) is 5.78 Å². The molecule has 5 heteroatoms. The summed E-state index contributed by atoms with van der Waals surface area (Å²) >= 11 is 0. The summed E-state index contributed by atoms with van der Waals surface area (Å²) in [6, 6.07) is 15.3. The molecule has 0 amide bonds. The summed E-state index contributed by atoms with van der Waals surface area (Å²) in [5.74, 6) is 1.45. The molecule has 0 saturated heterocycles. The second-order valence-electron chi connectivity index (χ2n) is 6.98. The normalized spacial score (nSPS) is 10.7. The molecular formula is C24H25NO4. The highest BCUT2D eigenvalue weighted by atomic mass is 16.5. The van der Waals surface area contributed by atoms with Gasteiger partial charge in [-0.05, 0) is 80.4 Å². The molecule has 5 nitrogen and oxygen atoms in total. The highest BCUT2D eigenvalue weighted by Gasteiger charge is 2.25. The highest BCUT2D eigenvalue weighted by molar-refractivity contribution is 6.01. The van der Waals surface area contributed by atoms with Gasteiger partial charge in [0.25, 0.3) is 0 Å². The zero-order chi connectivity index (χ0) is 21.1. The summed E-state index contributed by atoms with van der Waals surface area (Å²) in [5.41, 5.74) is 4.81. The van der Waals surface area contributed by atoms with Gasteiger partial charge in [-0.2, -0.15) is 0 Å². The third kappa shape index (κ3) is 3.94. The van der Waals surface area contributed by atoms with E-state index >= 15 is 0 Å². The fourth-order valence-electron chi connectivity index (χ4n) is 3.75. The molecule has 0 unspecified atom stereocenters. The molecule has 150 valence electrons. The van der Waals surface area contributed by atoms with Gasteiger partial charge >= 0.3 is 0 Å². The first-order chi connectivity index (χ1) is 13.9. The van der Waals surface area contributed by atoms with Crippen molar-refractivity contribution in [3.63, 3.8) is 0 Å². The number of rotatable bonds is 7. The average Bonchev–Trinajstić information content (AvgIpc) is 2.99. The van der Waals surface area contributed by atoms with Gasteiger partial charge in [-0.15, -0.1) is 0 Å². The highest BCUT2D eigenvalue weighted by Crippen LogP contribution is 2.36. The van der Waals surface area contributed by atoms with E-state index in [2.05, 4.69) is 0 Å². The van der Waals surface area contributed by atoms with Gasteiger partial charge in [0.05, 0.1) is 19.9 Å². The number of nitrogens with zero attached hydrogens (tertiary/aromatic N) is 1. The first kappa shape index (κ1) is 20.4. The third-order valence-electron chi connectivity index (χ3n) is 4.98. The van der Waals surface area contributed by atoms with Crippen molar-refractivity contribution in [2.24, 2.45) is 0 Å². The maximum Gasteiger partial charge on any atom is 0.161 e. The summed E-state index contributed by atoms with van der Waals surface area (Å²) < 4.78 is 12.6. The number of Topliss-reactive ketones (excluding diaryl/α,β-unsaturated/α-hetero) is 2. The van der Waals surface area contributed by atoms with Gasteiger partial charge in [-0.1, -0.05) is 0 Å². The number of carbonyl (C=O) groups excluding carboxylic acids is 2. The second kappa shape index (κ2) is 8.35. The van der Waals surface area contributed by atoms with E-state index in [1.54, 1.807) is 28.1 Å². The second-order valence-corrected chi connectivity index (χ2v) is 6.98. The maximum absolute atomic E-state index is 12.5. The number of methoxy groups -OCH3 is 2. The molecule has 0 fully saturated rings. The summed E-state index contributed by atoms with van der Waals surface area (Å²) in [4.78, 5) is 24.6. The molecule has 0 spiro atoms. The van der Waals surface area contributed by atoms with Crippen molar-refractivity contribution >= 4 is 11.6 Å². The Bertz CT molecular complexity index is 1040. The summed E-state index contributed by atoms with van der Waals surface area (Å²) in [6.07, 6.45) is 0.195. The van der Waals surface area contributed by atoms with Gasteiger partial charge in [-0.25, -0.2) is 0 Å². The van der Waals surface area contributed by atoms with E-state index in [9.17, 15) is 9.59 Å².